The molecule has 1 aromatic rings. The minimum Gasteiger partial charge on any atom is -0.377 e. The Morgan fingerprint density at radius 3 is 2.57 bits per heavy atom. The van der Waals surface area contributed by atoms with Gasteiger partial charge in [-0.3, -0.25) is 9.59 Å². The predicted molar refractivity (Wildman–Crippen MR) is 120 cm³/mol. The maximum absolute atomic E-state index is 13.3. The quantitative estimate of drug-likeness (QED) is 0.596. The number of amides is 2. The van der Waals surface area contributed by atoms with E-state index < -0.39 is 0 Å². The molecule has 0 unspecified atom stereocenters. The van der Waals surface area contributed by atoms with E-state index in [-0.39, 0.29) is 30.4 Å². The summed E-state index contributed by atoms with van der Waals surface area (Å²) in [7, 11) is 5.46. The molecule has 0 aromatic heterocycles. The maximum atomic E-state index is 13.3. The summed E-state index contributed by atoms with van der Waals surface area (Å²) in [6.45, 7) is 5.98. The van der Waals surface area contributed by atoms with Crippen molar-refractivity contribution in [1.29, 1.82) is 0 Å². The number of nitrogens with zero attached hydrogens (tertiary/aromatic N) is 2. The van der Waals surface area contributed by atoms with Crippen LogP contribution in [0.1, 0.15) is 45.1 Å². The molecule has 1 fully saturated rings. The van der Waals surface area contributed by atoms with E-state index in [2.05, 4.69) is 19.2 Å². The Hall–Kier alpha value is -2.12. The van der Waals surface area contributed by atoms with E-state index in [1.54, 1.807) is 0 Å². The molecule has 1 saturated heterocycles. The summed E-state index contributed by atoms with van der Waals surface area (Å²) in [6.07, 6.45) is 3.77. The van der Waals surface area contributed by atoms with Gasteiger partial charge in [0.15, 0.2) is 0 Å². The third-order valence-electron chi connectivity index (χ3n) is 5.58. The number of rotatable bonds is 11. The van der Waals surface area contributed by atoms with Crippen LogP contribution in [-0.4, -0.2) is 63.8 Å². The monoisotopic (exact) mass is 419 g/mol. The highest BCUT2D eigenvalue weighted by Crippen LogP contribution is 2.27. The molecule has 1 aliphatic rings. The largest absolute Gasteiger partial charge is 0.377 e. The Morgan fingerprint density at radius 1 is 1.27 bits per heavy atom. The summed E-state index contributed by atoms with van der Waals surface area (Å²) >= 11 is 0. The Kier molecular flexibility index (Phi) is 9.59. The number of hydrogen-bond acceptors (Lipinski definition) is 5. The standard InChI is InChI=1S/C23H37N3O4/c1-6-17(7-2)23(28)26(15-20-9-8-12-30-20)14-18-13-19(24-22(27)16-29-5)10-11-21(18)25(3)4/h10-11,13,17,20H,6-9,12,14-16H2,1-5H3,(H,24,27)/t20-/m0/s1. The van der Waals surface area contributed by atoms with Gasteiger partial charge in [0, 0.05) is 58.2 Å². The van der Waals surface area contributed by atoms with E-state index in [0.29, 0.717) is 18.8 Å². The second-order valence-corrected chi connectivity index (χ2v) is 8.09. The van der Waals surface area contributed by atoms with Crippen LogP contribution >= 0.6 is 0 Å². The summed E-state index contributed by atoms with van der Waals surface area (Å²) < 4.78 is 10.7. The molecule has 2 amide bonds. The van der Waals surface area contributed by atoms with Gasteiger partial charge in [0.1, 0.15) is 6.61 Å². The van der Waals surface area contributed by atoms with Crippen molar-refractivity contribution in [2.75, 3.05) is 51.2 Å². The van der Waals surface area contributed by atoms with E-state index in [1.807, 2.05) is 42.1 Å². The number of methoxy groups -OCH3 is 1. The lowest BCUT2D eigenvalue weighted by atomic mass is 10.0. The van der Waals surface area contributed by atoms with Gasteiger partial charge >= 0.3 is 0 Å². The van der Waals surface area contributed by atoms with E-state index in [0.717, 1.165) is 43.5 Å². The zero-order valence-corrected chi connectivity index (χ0v) is 19.1. The van der Waals surface area contributed by atoms with E-state index >= 15 is 0 Å². The van der Waals surface area contributed by atoms with E-state index in [1.165, 1.54) is 7.11 Å². The molecule has 0 radical (unpaired) electrons. The first kappa shape index (κ1) is 24.2. The molecule has 1 aliphatic heterocycles. The SMILES string of the molecule is CCC(CC)C(=O)N(Cc1cc(NC(=O)COC)ccc1N(C)C)C[C@@H]1CCCO1. The fraction of sp³-hybridized carbons (Fsp3) is 0.652. The lowest BCUT2D eigenvalue weighted by Crippen LogP contribution is -2.40. The van der Waals surface area contributed by atoms with Crippen molar-refractivity contribution >= 4 is 23.2 Å². The minimum absolute atomic E-state index is 0.00305. The highest BCUT2D eigenvalue weighted by Gasteiger charge is 2.27. The molecule has 1 atom stereocenters. The van der Waals surface area contributed by atoms with Crippen LogP contribution in [0.15, 0.2) is 18.2 Å². The molecule has 0 aliphatic carbocycles. The van der Waals surface area contributed by atoms with Crippen molar-refractivity contribution in [3.05, 3.63) is 23.8 Å². The first-order chi connectivity index (χ1) is 14.4. The van der Waals surface area contributed by atoms with Gasteiger partial charge in [0.25, 0.3) is 0 Å². The number of ether oxygens (including phenoxy) is 2. The summed E-state index contributed by atoms with van der Waals surface area (Å²) in [4.78, 5) is 29.2. The fourth-order valence-electron chi connectivity index (χ4n) is 3.92. The summed E-state index contributed by atoms with van der Waals surface area (Å²) in [5.41, 5.74) is 2.71. The lowest BCUT2D eigenvalue weighted by molar-refractivity contribution is -0.138. The average Bonchev–Trinajstić information content (AvgIpc) is 3.21. The molecule has 1 heterocycles. The molecule has 168 valence electrons. The summed E-state index contributed by atoms with van der Waals surface area (Å²) in [5, 5.41) is 2.86. The topological polar surface area (TPSA) is 71.1 Å². The van der Waals surface area contributed by atoms with Crippen LogP contribution in [0.2, 0.25) is 0 Å². The predicted octanol–water partition coefficient (Wildman–Crippen LogP) is 3.28. The van der Waals surface area contributed by atoms with Crippen LogP contribution in [0.25, 0.3) is 0 Å². The first-order valence-electron chi connectivity index (χ1n) is 10.9. The number of anilines is 2. The average molecular weight is 420 g/mol. The second kappa shape index (κ2) is 11.9. The van der Waals surface area contributed by atoms with Gasteiger partial charge in [0.05, 0.1) is 6.10 Å². The molecule has 0 spiro atoms. The second-order valence-electron chi connectivity index (χ2n) is 8.09. The Bertz CT molecular complexity index is 698. The molecule has 0 saturated carbocycles. The van der Waals surface area contributed by atoms with Crippen molar-refractivity contribution < 1.29 is 19.1 Å². The smallest absolute Gasteiger partial charge is 0.250 e. The third kappa shape index (κ3) is 6.71. The van der Waals surface area contributed by atoms with Gasteiger partial charge in [-0.25, -0.2) is 0 Å². The third-order valence-corrected chi connectivity index (χ3v) is 5.58. The molecule has 7 heteroatoms. The number of hydrogen-bond donors (Lipinski definition) is 1. The maximum Gasteiger partial charge on any atom is 0.250 e. The van der Waals surface area contributed by atoms with Crippen LogP contribution in [-0.2, 0) is 25.6 Å². The minimum atomic E-state index is -0.203. The highest BCUT2D eigenvalue weighted by molar-refractivity contribution is 5.92. The van der Waals surface area contributed by atoms with Gasteiger partial charge in [-0.15, -0.1) is 0 Å². The van der Waals surface area contributed by atoms with Crippen molar-refractivity contribution in [2.45, 2.75) is 52.2 Å². The number of carbonyl (C=O) groups excluding carboxylic acids is 2. The Balaban J connectivity index is 2.30. The molecule has 1 N–H and O–H groups in total. The molecule has 2 rings (SSSR count). The van der Waals surface area contributed by atoms with Crippen LogP contribution in [0.4, 0.5) is 11.4 Å². The van der Waals surface area contributed by atoms with Gasteiger partial charge in [-0.1, -0.05) is 13.8 Å². The first-order valence-corrected chi connectivity index (χ1v) is 10.9. The summed E-state index contributed by atoms with van der Waals surface area (Å²) in [5.74, 6) is -0.0156. The van der Waals surface area contributed by atoms with Crippen molar-refractivity contribution in [3.63, 3.8) is 0 Å². The molecular weight excluding hydrogens is 382 g/mol. The van der Waals surface area contributed by atoms with Gasteiger partial charge in [-0.2, -0.15) is 0 Å². The van der Waals surface area contributed by atoms with Crippen molar-refractivity contribution in [2.24, 2.45) is 5.92 Å². The fourth-order valence-corrected chi connectivity index (χ4v) is 3.92. The Morgan fingerprint density at radius 2 is 2.00 bits per heavy atom. The highest BCUT2D eigenvalue weighted by atomic mass is 16.5. The number of carbonyl (C=O) groups is 2. The normalized spacial score (nSPS) is 16.0. The number of nitrogens with one attached hydrogen (secondary N) is 1. The van der Waals surface area contributed by atoms with Crippen molar-refractivity contribution in [3.8, 4) is 0 Å². The zero-order chi connectivity index (χ0) is 22.1. The van der Waals surface area contributed by atoms with Crippen LogP contribution in [0.3, 0.4) is 0 Å². The number of benzene rings is 1. The molecular formula is C23H37N3O4. The van der Waals surface area contributed by atoms with E-state index in [4.69, 9.17) is 9.47 Å². The Labute approximate surface area is 180 Å². The zero-order valence-electron chi connectivity index (χ0n) is 19.1. The lowest BCUT2D eigenvalue weighted by Gasteiger charge is -2.30. The van der Waals surface area contributed by atoms with E-state index in [9.17, 15) is 9.59 Å². The van der Waals surface area contributed by atoms with Gasteiger partial charge in [0.2, 0.25) is 11.8 Å². The van der Waals surface area contributed by atoms with Crippen LogP contribution in [0.5, 0.6) is 0 Å². The van der Waals surface area contributed by atoms with Gasteiger partial charge < -0.3 is 24.6 Å². The molecule has 1 aromatic carbocycles. The van der Waals surface area contributed by atoms with Crippen LogP contribution < -0.4 is 10.2 Å². The summed E-state index contributed by atoms with van der Waals surface area (Å²) in [6, 6.07) is 5.80. The molecule has 7 nitrogen and oxygen atoms in total. The van der Waals surface area contributed by atoms with Crippen LogP contribution in [0, 0.1) is 5.92 Å². The molecule has 30 heavy (non-hydrogen) atoms. The van der Waals surface area contributed by atoms with Crippen molar-refractivity contribution in [1.82, 2.24) is 4.90 Å². The molecule has 0 bridgehead atoms. The van der Waals surface area contributed by atoms with Gasteiger partial charge in [-0.05, 0) is 49.4 Å².